The van der Waals surface area contributed by atoms with E-state index in [0.717, 1.165) is 11.1 Å². The second-order valence-corrected chi connectivity index (χ2v) is 5.08. The highest BCUT2D eigenvalue weighted by Gasteiger charge is 2.19. The van der Waals surface area contributed by atoms with Crippen LogP contribution < -0.4 is 0 Å². The normalized spacial score (nSPS) is 11.1. The van der Waals surface area contributed by atoms with Gasteiger partial charge in [-0.05, 0) is 11.1 Å². The Labute approximate surface area is 129 Å². The number of ketones is 1. The van der Waals surface area contributed by atoms with Crippen molar-refractivity contribution in [3.63, 3.8) is 0 Å². The van der Waals surface area contributed by atoms with E-state index < -0.39 is 11.8 Å². The Morgan fingerprint density at radius 3 is 1.95 bits per heavy atom. The molecule has 0 aliphatic heterocycles. The van der Waals surface area contributed by atoms with Gasteiger partial charge in [0, 0.05) is 25.9 Å². The molecule has 0 atom stereocenters. The van der Waals surface area contributed by atoms with Gasteiger partial charge >= 0.3 is 5.97 Å². The molecule has 2 aromatic carbocycles. The van der Waals surface area contributed by atoms with Gasteiger partial charge in [-0.2, -0.15) is 0 Å². The predicted molar refractivity (Wildman–Crippen MR) is 85.6 cm³/mol. The lowest BCUT2D eigenvalue weighted by Crippen LogP contribution is -2.16. The molecular formula is C18H17NO3. The Balaban J connectivity index is 2.30. The van der Waals surface area contributed by atoms with Gasteiger partial charge in [0.05, 0.1) is 0 Å². The SMILES string of the molecule is CN(C)/C=C(\C(=O)O)C(=O)c1ccc(-c2ccccc2)cc1. The zero-order valence-electron chi connectivity index (χ0n) is 12.5. The van der Waals surface area contributed by atoms with Gasteiger partial charge in [-0.25, -0.2) is 4.79 Å². The molecule has 112 valence electrons. The lowest BCUT2D eigenvalue weighted by Gasteiger charge is -2.08. The number of hydrogen-bond acceptors (Lipinski definition) is 3. The van der Waals surface area contributed by atoms with Crippen LogP contribution in [0.4, 0.5) is 0 Å². The Hall–Kier alpha value is -2.88. The summed E-state index contributed by atoms with van der Waals surface area (Å²) in [5.74, 6) is -1.73. The highest BCUT2D eigenvalue weighted by molar-refractivity contribution is 6.23. The van der Waals surface area contributed by atoms with Crippen LogP contribution in [-0.2, 0) is 4.79 Å². The summed E-state index contributed by atoms with van der Waals surface area (Å²) in [5, 5.41) is 9.17. The van der Waals surface area contributed by atoms with Gasteiger partial charge in [-0.1, -0.05) is 54.6 Å². The van der Waals surface area contributed by atoms with E-state index in [1.54, 1.807) is 31.1 Å². The first-order valence-corrected chi connectivity index (χ1v) is 6.81. The van der Waals surface area contributed by atoms with Crippen molar-refractivity contribution in [2.24, 2.45) is 0 Å². The third-order valence-corrected chi connectivity index (χ3v) is 3.12. The summed E-state index contributed by atoms with van der Waals surface area (Å²) in [4.78, 5) is 25.1. The van der Waals surface area contributed by atoms with E-state index >= 15 is 0 Å². The number of rotatable bonds is 5. The number of benzene rings is 2. The molecule has 0 fully saturated rings. The summed E-state index contributed by atoms with van der Waals surface area (Å²) >= 11 is 0. The van der Waals surface area contributed by atoms with Crippen LogP contribution in [0.3, 0.4) is 0 Å². The van der Waals surface area contributed by atoms with Crippen LogP contribution in [-0.4, -0.2) is 35.9 Å². The zero-order valence-corrected chi connectivity index (χ0v) is 12.5. The second-order valence-electron chi connectivity index (χ2n) is 5.08. The van der Waals surface area contributed by atoms with Crippen LogP contribution in [0, 0.1) is 0 Å². The molecule has 0 amide bonds. The van der Waals surface area contributed by atoms with E-state index in [4.69, 9.17) is 0 Å². The average Bonchev–Trinajstić information content (AvgIpc) is 2.52. The predicted octanol–water partition coefficient (Wildman–Crippen LogP) is 3.07. The van der Waals surface area contributed by atoms with Crippen molar-refractivity contribution < 1.29 is 14.7 Å². The maximum absolute atomic E-state index is 12.3. The molecule has 0 saturated carbocycles. The van der Waals surface area contributed by atoms with Crippen molar-refractivity contribution in [2.75, 3.05) is 14.1 Å². The quantitative estimate of drug-likeness (QED) is 0.398. The minimum Gasteiger partial charge on any atom is -0.477 e. The summed E-state index contributed by atoms with van der Waals surface area (Å²) in [5.41, 5.74) is 2.13. The number of carbonyl (C=O) groups is 2. The van der Waals surface area contributed by atoms with E-state index in [0.29, 0.717) is 5.56 Å². The summed E-state index contributed by atoms with van der Waals surface area (Å²) in [7, 11) is 3.35. The lowest BCUT2D eigenvalue weighted by molar-refractivity contribution is -0.132. The number of hydrogen-bond donors (Lipinski definition) is 1. The van der Waals surface area contributed by atoms with Crippen molar-refractivity contribution in [1.82, 2.24) is 4.90 Å². The number of Topliss-reactive ketones (excluding diaryl/α,β-unsaturated/α-hetero) is 1. The number of aliphatic carboxylic acids is 1. The fourth-order valence-corrected chi connectivity index (χ4v) is 2.07. The van der Waals surface area contributed by atoms with Crippen LogP contribution in [0.2, 0.25) is 0 Å². The maximum Gasteiger partial charge on any atom is 0.341 e. The monoisotopic (exact) mass is 295 g/mol. The van der Waals surface area contributed by atoms with E-state index in [-0.39, 0.29) is 5.57 Å². The molecule has 0 spiro atoms. The summed E-state index contributed by atoms with van der Waals surface area (Å²) in [6.07, 6.45) is 1.32. The first-order valence-electron chi connectivity index (χ1n) is 6.81. The molecule has 0 heterocycles. The molecule has 4 heteroatoms. The molecule has 0 aliphatic carbocycles. The molecule has 22 heavy (non-hydrogen) atoms. The minimum absolute atomic E-state index is 0.252. The topological polar surface area (TPSA) is 57.6 Å². The zero-order chi connectivity index (χ0) is 16.1. The van der Waals surface area contributed by atoms with E-state index in [1.165, 1.54) is 6.20 Å². The van der Waals surface area contributed by atoms with Gasteiger partial charge in [0.1, 0.15) is 5.57 Å². The van der Waals surface area contributed by atoms with Gasteiger partial charge in [0.15, 0.2) is 0 Å². The smallest absolute Gasteiger partial charge is 0.341 e. The van der Waals surface area contributed by atoms with Gasteiger partial charge in [-0.3, -0.25) is 4.79 Å². The van der Waals surface area contributed by atoms with Crippen molar-refractivity contribution in [3.05, 3.63) is 71.9 Å². The molecule has 0 bridgehead atoms. The summed E-state index contributed by atoms with van der Waals surface area (Å²) < 4.78 is 0. The number of carboxylic acid groups (broad SMARTS) is 1. The third-order valence-electron chi connectivity index (χ3n) is 3.12. The van der Waals surface area contributed by atoms with Crippen molar-refractivity contribution in [2.45, 2.75) is 0 Å². The Bertz CT molecular complexity index is 701. The molecule has 2 aromatic rings. The molecule has 0 unspecified atom stereocenters. The van der Waals surface area contributed by atoms with Crippen LogP contribution in [0.15, 0.2) is 66.4 Å². The van der Waals surface area contributed by atoms with E-state index in [1.807, 2.05) is 42.5 Å². The Morgan fingerprint density at radius 1 is 0.909 bits per heavy atom. The molecule has 4 nitrogen and oxygen atoms in total. The fraction of sp³-hybridized carbons (Fsp3) is 0.111. The fourth-order valence-electron chi connectivity index (χ4n) is 2.07. The number of carboxylic acids is 1. The van der Waals surface area contributed by atoms with Crippen LogP contribution in [0.5, 0.6) is 0 Å². The standard InChI is InChI=1S/C18H17NO3/c1-19(2)12-16(18(21)22)17(20)15-10-8-14(9-11-15)13-6-4-3-5-7-13/h3-12H,1-2H3,(H,21,22)/b16-12-. The highest BCUT2D eigenvalue weighted by Crippen LogP contribution is 2.20. The maximum atomic E-state index is 12.3. The molecule has 0 radical (unpaired) electrons. The van der Waals surface area contributed by atoms with Gasteiger partial charge in [0.25, 0.3) is 0 Å². The van der Waals surface area contributed by atoms with Crippen LogP contribution >= 0.6 is 0 Å². The van der Waals surface area contributed by atoms with E-state index in [9.17, 15) is 14.7 Å². The largest absolute Gasteiger partial charge is 0.477 e. The van der Waals surface area contributed by atoms with Gasteiger partial charge in [-0.15, -0.1) is 0 Å². The molecule has 0 aromatic heterocycles. The van der Waals surface area contributed by atoms with Gasteiger partial charge in [0.2, 0.25) is 5.78 Å². The van der Waals surface area contributed by atoms with Crippen LogP contribution in [0.25, 0.3) is 11.1 Å². The highest BCUT2D eigenvalue weighted by atomic mass is 16.4. The molecular weight excluding hydrogens is 278 g/mol. The summed E-state index contributed by atoms with van der Waals surface area (Å²) in [6.45, 7) is 0. The van der Waals surface area contributed by atoms with Crippen molar-refractivity contribution in [1.29, 1.82) is 0 Å². The van der Waals surface area contributed by atoms with E-state index in [2.05, 4.69) is 0 Å². The average molecular weight is 295 g/mol. The van der Waals surface area contributed by atoms with Crippen LogP contribution in [0.1, 0.15) is 10.4 Å². The lowest BCUT2D eigenvalue weighted by atomic mass is 10.00. The second kappa shape index (κ2) is 6.72. The number of nitrogens with zero attached hydrogens (tertiary/aromatic N) is 1. The Morgan fingerprint density at radius 2 is 1.45 bits per heavy atom. The Kier molecular flexibility index (Phi) is 4.73. The first-order chi connectivity index (χ1) is 10.5. The molecule has 0 saturated heterocycles. The molecule has 2 rings (SSSR count). The minimum atomic E-state index is -1.23. The third kappa shape index (κ3) is 3.61. The van der Waals surface area contributed by atoms with Crippen molar-refractivity contribution in [3.8, 4) is 11.1 Å². The summed E-state index contributed by atoms with van der Waals surface area (Å²) in [6, 6.07) is 16.7. The van der Waals surface area contributed by atoms with Gasteiger partial charge < -0.3 is 10.0 Å². The molecule has 0 aliphatic rings. The number of carbonyl (C=O) groups excluding carboxylic acids is 1. The first kappa shape index (κ1) is 15.5. The van der Waals surface area contributed by atoms with Crippen molar-refractivity contribution >= 4 is 11.8 Å². The molecule has 1 N–H and O–H groups in total.